The van der Waals surface area contributed by atoms with Crippen LogP contribution < -0.4 is 0 Å². The van der Waals surface area contributed by atoms with E-state index < -0.39 is 5.97 Å². The highest BCUT2D eigenvalue weighted by Gasteiger charge is 2.25. The minimum Gasteiger partial charge on any atom is -0.478 e. The molecule has 34 heavy (non-hydrogen) atoms. The quantitative estimate of drug-likeness (QED) is 0.430. The van der Waals surface area contributed by atoms with Crippen molar-refractivity contribution in [3.05, 3.63) is 107 Å². The van der Waals surface area contributed by atoms with Crippen LogP contribution in [-0.2, 0) is 11.2 Å². The normalized spacial score (nSPS) is 15.0. The van der Waals surface area contributed by atoms with E-state index in [9.17, 15) is 13.6 Å². The number of carboxylic acids is 1. The molecule has 4 nitrogen and oxygen atoms in total. The summed E-state index contributed by atoms with van der Waals surface area (Å²) in [5, 5.41) is 9.00. The number of carboxylic acid groups (broad SMARTS) is 1. The Morgan fingerprint density at radius 1 is 0.882 bits per heavy atom. The van der Waals surface area contributed by atoms with Gasteiger partial charge in [-0.25, -0.2) is 13.6 Å². The van der Waals surface area contributed by atoms with Gasteiger partial charge in [-0.2, -0.15) is 0 Å². The zero-order valence-electron chi connectivity index (χ0n) is 19.0. The molecule has 0 radical (unpaired) electrons. The fourth-order valence-corrected chi connectivity index (χ4v) is 4.41. The van der Waals surface area contributed by atoms with Crippen molar-refractivity contribution < 1.29 is 23.4 Å². The molecule has 178 valence electrons. The third-order valence-corrected chi connectivity index (χ3v) is 6.35. The molecule has 0 bridgehead atoms. The zero-order chi connectivity index (χ0) is 23.9. The summed E-state index contributed by atoms with van der Waals surface area (Å²) in [6.07, 6.45) is 3.41. The fraction of sp³-hybridized carbons (Fsp3) is 0.321. The van der Waals surface area contributed by atoms with Crippen LogP contribution in [0.4, 0.5) is 8.78 Å². The molecule has 0 saturated carbocycles. The predicted molar refractivity (Wildman–Crippen MR) is 127 cm³/mol. The minimum atomic E-state index is -0.905. The number of likely N-dealkylation sites (tertiary alicyclic amines) is 1. The van der Waals surface area contributed by atoms with Gasteiger partial charge in [0.1, 0.15) is 17.7 Å². The molecular weight excluding hydrogens is 436 g/mol. The van der Waals surface area contributed by atoms with E-state index in [1.54, 1.807) is 36.4 Å². The van der Waals surface area contributed by atoms with Crippen LogP contribution in [0.25, 0.3) is 0 Å². The van der Waals surface area contributed by atoms with Gasteiger partial charge in [-0.1, -0.05) is 36.4 Å². The Kier molecular flexibility index (Phi) is 8.03. The molecule has 1 N–H and O–H groups in total. The van der Waals surface area contributed by atoms with Crippen LogP contribution in [0.1, 0.15) is 52.4 Å². The summed E-state index contributed by atoms with van der Waals surface area (Å²) in [6, 6.07) is 19.7. The van der Waals surface area contributed by atoms with E-state index in [1.165, 1.54) is 24.3 Å². The molecule has 1 fully saturated rings. The van der Waals surface area contributed by atoms with Gasteiger partial charge < -0.3 is 14.7 Å². The summed E-state index contributed by atoms with van der Waals surface area (Å²) in [6.45, 7) is 2.84. The van der Waals surface area contributed by atoms with Crippen LogP contribution in [-0.4, -0.2) is 41.7 Å². The lowest BCUT2D eigenvalue weighted by atomic mass is 9.99. The van der Waals surface area contributed by atoms with Gasteiger partial charge in [-0.3, -0.25) is 0 Å². The molecule has 0 amide bonds. The smallest absolute Gasteiger partial charge is 0.335 e. The lowest BCUT2D eigenvalue weighted by molar-refractivity contribution is -0.0270. The van der Waals surface area contributed by atoms with E-state index in [-0.39, 0.29) is 23.8 Å². The second-order valence-corrected chi connectivity index (χ2v) is 8.77. The summed E-state index contributed by atoms with van der Waals surface area (Å²) in [7, 11) is 0. The number of halogens is 2. The van der Waals surface area contributed by atoms with Crippen molar-refractivity contribution in [2.45, 2.75) is 37.9 Å². The maximum Gasteiger partial charge on any atom is 0.335 e. The molecule has 1 heterocycles. The third kappa shape index (κ3) is 6.49. The molecule has 0 aliphatic carbocycles. The Bertz CT molecular complexity index is 1010. The molecule has 4 rings (SSSR count). The van der Waals surface area contributed by atoms with Crippen LogP contribution >= 0.6 is 0 Å². The number of aryl methyl sites for hydroxylation is 1. The van der Waals surface area contributed by atoms with Gasteiger partial charge in [0.15, 0.2) is 0 Å². The van der Waals surface area contributed by atoms with Crippen LogP contribution in [0.15, 0.2) is 72.8 Å². The topological polar surface area (TPSA) is 49.8 Å². The molecule has 0 unspecified atom stereocenters. The highest BCUT2D eigenvalue weighted by atomic mass is 19.1. The van der Waals surface area contributed by atoms with Crippen LogP contribution in [0.3, 0.4) is 0 Å². The van der Waals surface area contributed by atoms with E-state index in [1.807, 2.05) is 12.1 Å². The summed E-state index contributed by atoms with van der Waals surface area (Å²) < 4.78 is 33.4. The van der Waals surface area contributed by atoms with Crippen molar-refractivity contribution in [2.75, 3.05) is 19.6 Å². The molecule has 1 aliphatic rings. The fourth-order valence-electron chi connectivity index (χ4n) is 4.41. The molecule has 3 aromatic carbocycles. The van der Waals surface area contributed by atoms with Crippen LogP contribution in [0.5, 0.6) is 0 Å². The number of carbonyl (C=O) groups is 1. The van der Waals surface area contributed by atoms with E-state index in [4.69, 9.17) is 9.84 Å². The standard InChI is InChI=1S/C28H29F2NO3/c29-24-11-7-21(8-12-24)27(22-9-13-25(30)14-10-22)34-26-15-18-31(19-16-26)17-1-2-20-3-5-23(6-4-20)28(32)33/h3-14,26-27H,1-2,15-19H2,(H,32,33). The first-order valence-electron chi connectivity index (χ1n) is 11.7. The van der Waals surface area contributed by atoms with Crippen molar-refractivity contribution >= 4 is 5.97 Å². The van der Waals surface area contributed by atoms with Crippen molar-refractivity contribution in [3.63, 3.8) is 0 Å². The van der Waals surface area contributed by atoms with Crippen molar-refractivity contribution in [1.29, 1.82) is 0 Å². The van der Waals surface area contributed by atoms with E-state index in [2.05, 4.69) is 4.90 Å². The number of piperidine rings is 1. The largest absolute Gasteiger partial charge is 0.478 e. The Morgan fingerprint density at radius 2 is 1.41 bits per heavy atom. The maximum absolute atomic E-state index is 13.4. The molecule has 6 heteroatoms. The minimum absolute atomic E-state index is 0.0694. The Labute approximate surface area is 198 Å². The molecule has 0 spiro atoms. The summed E-state index contributed by atoms with van der Waals surface area (Å²) in [5.74, 6) is -1.50. The predicted octanol–water partition coefficient (Wildman–Crippen LogP) is 5.87. The summed E-state index contributed by atoms with van der Waals surface area (Å²) in [5.41, 5.74) is 3.16. The number of nitrogens with zero attached hydrogens (tertiary/aromatic N) is 1. The molecule has 0 aromatic heterocycles. The second kappa shape index (κ2) is 11.4. The van der Waals surface area contributed by atoms with Gasteiger partial charge in [-0.05, 0) is 85.3 Å². The van der Waals surface area contributed by atoms with Crippen LogP contribution in [0, 0.1) is 11.6 Å². The van der Waals surface area contributed by atoms with Crippen molar-refractivity contribution in [1.82, 2.24) is 4.90 Å². The highest BCUT2D eigenvalue weighted by Crippen LogP contribution is 2.30. The average molecular weight is 466 g/mol. The number of aromatic carboxylic acids is 1. The molecule has 0 atom stereocenters. The number of hydrogen-bond acceptors (Lipinski definition) is 3. The highest BCUT2D eigenvalue weighted by molar-refractivity contribution is 5.87. The third-order valence-electron chi connectivity index (χ3n) is 6.35. The van der Waals surface area contributed by atoms with Crippen molar-refractivity contribution in [2.24, 2.45) is 0 Å². The zero-order valence-corrected chi connectivity index (χ0v) is 19.0. The summed E-state index contributed by atoms with van der Waals surface area (Å²) in [4.78, 5) is 13.4. The van der Waals surface area contributed by atoms with E-state index >= 15 is 0 Å². The molecule has 1 saturated heterocycles. The molecular formula is C28H29F2NO3. The lowest BCUT2D eigenvalue weighted by Crippen LogP contribution is -2.38. The molecule has 1 aliphatic heterocycles. The first-order chi connectivity index (χ1) is 16.5. The van der Waals surface area contributed by atoms with Gasteiger partial charge >= 0.3 is 5.97 Å². The van der Waals surface area contributed by atoms with Gasteiger partial charge in [0, 0.05) is 13.1 Å². The van der Waals surface area contributed by atoms with E-state index in [0.717, 1.165) is 62.0 Å². The summed E-state index contributed by atoms with van der Waals surface area (Å²) >= 11 is 0. The van der Waals surface area contributed by atoms with Gasteiger partial charge in [0.2, 0.25) is 0 Å². The average Bonchev–Trinajstić information content (AvgIpc) is 2.85. The monoisotopic (exact) mass is 465 g/mol. The Morgan fingerprint density at radius 3 is 1.91 bits per heavy atom. The van der Waals surface area contributed by atoms with E-state index in [0.29, 0.717) is 5.56 Å². The van der Waals surface area contributed by atoms with Crippen molar-refractivity contribution in [3.8, 4) is 0 Å². The number of hydrogen-bond donors (Lipinski definition) is 1. The number of ether oxygens (including phenoxy) is 1. The Hall–Kier alpha value is -3.09. The van der Waals surface area contributed by atoms with Gasteiger partial charge in [0.05, 0.1) is 11.7 Å². The maximum atomic E-state index is 13.4. The Balaban J connectivity index is 1.29. The first-order valence-corrected chi connectivity index (χ1v) is 11.7. The SMILES string of the molecule is O=C(O)c1ccc(CCCN2CCC(OC(c3ccc(F)cc3)c3ccc(F)cc3)CC2)cc1. The van der Waals surface area contributed by atoms with Gasteiger partial charge in [0.25, 0.3) is 0 Å². The second-order valence-electron chi connectivity index (χ2n) is 8.77. The van der Waals surface area contributed by atoms with Crippen LogP contribution in [0.2, 0.25) is 0 Å². The number of benzene rings is 3. The van der Waals surface area contributed by atoms with Gasteiger partial charge in [-0.15, -0.1) is 0 Å². The number of rotatable bonds is 9. The first kappa shape index (κ1) is 24.0. The molecule has 3 aromatic rings. The lowest BCUT2D eigenvalue weighted by Gasteiger charge is -2.34.